The molecule has 0 fully saturated rings. The highest BCUT2D eigenvalue weighted by atomic mass is 16.1. The van der Waals surface area contributed by atoms with E-state index in [9.17, 15) is 4.79 Å². The van der Waals surface area contributed by atoms with Gasteiger partial charge in [-0.05, 0) is 13.3 Å². The summed E-state index contributed by atoms with van der Waals surface area (Å²) >= 11 is 0. The van der Waals surface area contributed by atoms with Crippen molar-refractivity contribution >= 4 is 5.91 Å². The first-order valence-corrected chi connectivity index (χ1v) is 6.05. The van der Waals surface area contributed by atoms with E-state index in [-0.39, 0.29) is 11.8 Å². The normalized spacial score (nSPS) is 12.5. The molecular formula is C12H22N4O. The van der Waals surface area contributed by atoms with Gasteiger partial charge in [-0.2, -0.15) is 5.10 Å². The largest absolute Gasteiger partial charge is 0.352 e. The lowest BCUT2D eigenvalue weighted by Gasteiger charge is -2.13. The highest BCUT2D eigenvalue weighted by Gasteiger charge is 2.15. The third-order valence-electron chi connectivity index (χ3n) is 3.08. The topological polar surface area (TPSA) is 72.9 Å². The highest BCUT2D eigenvalue weighted by molar-refractivity contribution is 5.78. The molecule has 0 saturated carbocycles. The van der Waals surface area contributed by atoms with Crippen LogP contribution >= 0.6 is 0 Å². The minimum absolute atomic E-state index is 0.0394. The van der Waals surface area contributed by atoms with Crippen molar-refractivity contribution in [2.75, 3.05) is 6.54 Å². The molecule has 1 amide bonds. The zero-order valence-corrected chi connectivity index (χ0v) is 10.9. The van der Waals surface area contributed by atoms with Crippen LogP contribution in [0.25, 0.3) is 0 Å². The van der Waals surface area contributed by atoms with E-state index in [1.807, 2.05) is 14.0 Å². The standard InChI is InChI=1S/C12H22N4O/c1-4-5-10(6-13)12(17)14-7-11-8-15-16(3)9(11)2/h8,10H,4-7,13H2,1-3H3,(H,14,17). The van der Waals surface area contributed by atoms with E-state index in [2.05, 4.69) is 17.3 Å². The molecule has 0 bridgehead atoms. The highest BCUT2D eigenvalue weighted by Crippen LogP contribution is 2.07. The molecule has 5 nitrogen and oxygen atoms in total. The molecule has 0 aromatic carbocycles. The van der Waals surface area contributed by atoms with Gasteiger partial charge in [0.25, 0.3) is 0 Å². The molecule has 1 atom stereocenters. The van der Waals surface area contributed by atoms with Crippen LogP contribution in [0.15, 0.2) is 6.20 Å². The quantitative estimate of drug-likeness (QED) is 0.767. The average Bonchev–Trinajstić information content (AvgIpc) is 2.64. The van der Waals surface area contributed by atoms with Crippen LogP contribution in [0.1, 0.15) is 31.0 Å². The van der Waals surface area contributed by atoms with E-state index in [0.29, 0.717) is 13.1 Å². The Hall–Kier alpha value is -1.36. The summed E-state index contributed by atoms with van der Waals surface area (Å²) in [6, 6.07) is 0. The van der Waals surface area contributed by atoms with Crippen molar-refractivity contribution in [1.29, 1.82) is 0 Å². The molecule has 5 heteroatoms. The molecule has 0 aliphatic rings. The van der Waals surface area contributed by atoms with Crippen LogP contribution in [0.5, 0.6) is 0 Å². The number of carbonyl (C=O) groups excluding carboxylic acids is 1. The summed E-state index contributed by atoms with van der Waals surface area (Å²) in [6.45, 7) is 4.98. The minimum atomic E-state index is -0.0722. The van der Waals surface area contributed by atoms with Crippen molar-refractivity contribution in [3.8, 4) is 0 Å². The summed E-state index contributed by atoms with van der Waals surface area (Å²) < 4.78 is 1.80. The molecule has 0 spiro atoms. The molecule has 1 heterocycles. The van der Waals surface area contributed by atoms with Crippen LogP contribution in [0, 0.1) is 12.8 Å². The number of rotatable bonds is 6. The fourth-order valence-electron chi connectivity index (χ4n) is 1.75. The summed E-state index contributed by atoms with van der Waals surface area (Å²) in [5.41, 5.74) is 7.71. The molecule has 17 heavy (non-hydrogen) atoms. The number of aryl methyl sites for hydroxylation is 1. The second-order valence-electron chi connectivity index (χ2n) is 4.32. The van der Waals surface area contributed by atoms with Crippen molar-refractivity contribution in [2.24, 2.45) is 18.7 Å². The number of nitrogens with two attached hydrogens (primary N) is 1. The Labute approximate surface area is 102 Å². The molecule has 3 N–H and O–H groups in total. The maximum Gasteiger partial charge on any atom is 0.224 e. The molecule has 1 aromatic heterocycles. The SMILES string of the molecule is CCCC(CN)C(=O)NCc1cnn(C)c1C. The number of amides is 1. The second-order valence-corrected chi connectivity index (χ2v) is 4.32. The number of carbonyl (C=O) groups is 1. The predicted molar refractivity (Wildman–Crippen MR) is 67.2 cm³/mol. The van der Waals surface area contributed by atoms with Crippen molar-refractivity contribution < 1.29 is 4.79 Å². The molecular weight excluding hydrogens is 216 g/mol. The first-order chi connectivity index (χ1) is 8.10. The van der Waals surface area contributed by atoms with Crippen molar-refractivity contribution in [2.45, 2.75) is 33.2 Å². The molecule has 1 aromatic rings. The Morgan fingerprint density at radius 2 is 2.35 bits per heavy atom. The van der Waals surface area contributed by atoms with Crippen LogP contribution in [-0.2, 0) is 18.4 Å². The smallest absolute Gasteiger partial charge is 0.224 e. The fraction of sp³-hybridized carbons (Fsp3) is 0.667. The molecule has 0 radical (unpaired) electrons. The summed E-state index contributed by atoms with van der Waals surface area (Å²) in [4.78, 5) is 11.8. The van der Waals surface area contributed by atoms with Gasteiger partial charge in [0, 0.05) is 31.4 Å². The lowest BCUT2D eigenvalue weighted by molar-refractivity contribution is -0.125. The Balaban J connectivity index is 2.50. The van der Waals surface area contributed by atoms with Gasteiger partial charge in [0.2, 0.25) is 5.91 Å². The van der Waals surface area contributed by atoms with Gasteiger partial charge < -0.3 is 11.1 Å². The van der Waals surface area contributed by atoms with E-state index in [1.165, 1.54) is 0 Å². The number of nitrogens with zero attached hydrogens (tertiary/aromatic N) is 2. The zero-order chi connectivity index (χ0) is 12.8. The van der Waals surface area contributed by atoms with Gasteiger partial charge in [-0.3, -0.25) is 9.48 Å². The molecule has 0 saturated heterocycles. The van der Waals surface area contributed by atoms with Gasteiger partial charge in [0.1, 0.15) is 0 Å². The zero-order valence-electron chi connectivity index (χ0n) is 10.9. The fourth-order valence-corrected chi connectivity index (χ4v) is 1.75. The predicted octanol–water partition coefficient (Wildman–Crippen LogP) is 0.720. The van der Waals surface area contributed by atoms with E-state index >= 15 is 0 Å². The first kappa shape index (κ1) is 13.7. The van der Waals surface area contributed by atoms with Crippen molar-refractivity contribution in [3.05, 3.63) is 17.5 Å². The summed E-state index contributed by atoms with van der Waals surface area (Å²) in [7, 11) is 1.89. The van der Waals surface area contributed by atoms with Crippen LogP contribution in [0.2, 0.25) is 0 Å². The average molecular weight is 238 g/mol. The molecule has 1 rings (SSSR count). The lowest BCUT2D eigenvalue weighted by Crippen LogP contribution is -2.34. The van der Waals surface area contributed by atoms with Crippen LogP contribution < -0.4 is 11.1 Å². The number of hydrogen-bond acceptors (Lipinski definition) is 3. The number of hydrogen-bond donors (Lipinski definition) is 2. The van der Waals surface area contributed by atoms with E-state index in [0.717, 1.165) is 24.1 Å². The number of nitrogens with one attached hydrogen (secondary N) is 1. The molecule has 0 aliphatic carbocycles. The molecule has 0 aliphatic heterocycles. The first-order valence-electron chi connectivity index (χ1n) is 6.05. The van der Waals surface area contributed by atoms with Gasteiger partial charge >= 0.3 is 0 Å². The van der Waals surface area contributed by atoms with Gasteiger partial charge in [-0.25, -0.2) is 0 Å². The maximum atomic E-state index is 11.8. The lowest BCUT2D eigenvalue weighted by atomic mass is 10.0. The third-order valence-corrected chi connectivity index (χ3v) is 3.08. The van der Waals surface area contributed by atoms with Crippen molar-refractivity contribution in [3.63, 3.8) is 0 Å². The number of aromatic nitrogens is 2. The van der Waals surface area contributed by atoms with Gasteiger partial charge in [0.15, 0.2) is 0 Å². The van der Waals surface area contributed by atoms with Crippen LogP contribution in [0.4, 0.5) is 0 Å². The summed E-state index contributed by atoms with van der Waals surface area (Å²) in [5, 5.41) is 7.05. The Morgan fingerprint density at radius 3 is 2.82 bits per heavy atom. The van der Waals surface area contributed by atoms with Gasteiger partial charge in [0.05, 0.1) is 12.1 Å². The minimum Gasteiger partial charge on any atom is -0.352 e. The van der Waals surface area contributed by atoms with Crippen LogP contribution in [0.3, 0.4) is 0 Å². The molecule has 96 valence electrons. The Morgan fingerprint density at radius 1 is 1.65 bits per heavy atom. The second kappa shape index (κ2) is 6.39. The van der Waals surface area contributed by atoms with Gasteiger partial charge in [-0.1, -0.05) is 13.3 Å². The van der Waals surface area contributed by atoms with E-state index in [1.54, 1.807) is 10.9 Å². The summed E-state index contributed by atoms with van der Waals surface area (Å²) in [6.07, 6.45) is 3.60. The summed E-state index contributed by atoms with van der Waals surface area (Å²) in [5.74, 6) is -0.0328. The monoisotopic (exact) mass is 238 g/mol. The van der Waals surface area contributed by atoms with Gasteiger partial charge in [-0.15, -0.1) is 0 Å². The van der Waals surface area contributed by atoms with E-state index in [4.69, 9.17) is 5.73 Å². The third kappa shape index (κ3) is 3.56. The Bertz CT molecular complexity index is 373. The molecule has 1 unspecified atom stereocenters. The van der Waals surface area contributed by atoms with E-state index < -0.39 is 0 Å². The van der Waals surface area contributed by atoms with Crippen molar-refractivity contribution in [1.82, 2.24) is 15.1 Å². The Kier molecular flexibility index (Phi) is 5.15. The maximum absolute atomic E-state index is 11.8. The van der Waals surface area contributed by atoms with Crippen LogP contribution in [-0.4, -0.2) is 22.2 Å².